The summed E-state index contributed by atoms with van der Waals surface area (Å²) in [6.45, 7) is 7.73. The first-order valence-electron chi connectivity index (χ1n) is 3.71. The number of hydrogen-bond donors (Lipinski definition) is 0. The van der Waals surface area contributed by atoms with Gasteiger partial charge < -0.3 is 4.43 Å². The standard InChI is InChI=1S/C7H18OSi/c1-4-6(2)7(3)5-8-9/h6-7H,4-5H2,1-3,9H3. The molecule has 0 aliphatic heterocycles. The third-order valence-corrected chi connectivity index (χ3v) is 2.38. The summed E-state index contributed by atoms with van der Waals surface area (Å²) < 4.78 is 5.17. The van der Waals surface area contributed by atoms with Crippen molar-refractivity contribution in [2.75, 3.05) is 6.61 Å². The summed E-state index contributed by atoms with van der Waals surface area (Å²) >= 11 is 0. The average molecular weight is 146 g/mol. The van der Waals surface area contributed by atoms with Crippen LogP contribution < -0.4 is 0 Å². The van der Waals surface area contributed by atoms with Crippen molar-refractivity contribution in [3.63, 3.8) is 0 Å². The molecule has 0 rings (SSSR count). The second-order valence-corrected chi connectivity index (χ2v) is 3.40. The predicted octanol–water partition coefficient (Wildman–Crippen LogP) is 0.966. The smallest absolute Gasteiger partial charge is 0.145 e. The van der Waals surface area contributed by atoms with Gasteiger partial charge in [-0.3, -0.25) is 0 Å². The molecule has 9 heavy (non-hydrogen) atoms. The van der Waals surface area contributed by atoms with Crippen LogP contribution in [-0.2, 0) is 4.43 Å². The van der Waals surface area contributed by atoms with Crippen LogP contribution in [0.2, 0.25) is 0 Å². The van der Waals surface area contributed by atoms with Crippen molar-refractivity contribution in [3.8, 4) is 0 Å². The lowest BCUT2D eigenvalue weighted by atomic mass is 9.95. The highest BCUT2D eigenvalue weighted by Crippen LogP contribution is 2.13. The quantitative estimate of drug-likeness (QED) is 0.537. The molecule has 2 atom stereocenters. The zero-order valence-electron chi connectivity index (χ0n) is 6.98. The topological polar surface area (TPSA) is 9.23 Å². The van der Waals surface area contributed by atoms with Crippen LogP contribution in [-0.4, -0.2) is 17.1 Å². The average Bonchev–Trinajstić information content (AvgIpc) is 1.87. The Morgan fingerprint density at radius 1 is 1.33 bits per heavy atom. The largest absolute Gasteiger partial charge is 0.428 e. The van der Waals surface area contributed by atoms with Gasteiger partial charge in [-0.15, -0.1) is 0 Å². The molecule has 1 nitrogen and oxygen atoms in total. The summed E-state index contributed by atoms with van der Waals surface area (Å²) in [5, 5.41) is 0. The molecule has 2 unspecified atom stereocenters. The van der Waals surface area contributed by atoms with Crippen LogP contribution in [0.5, 0.6) is 0 Å². The summed E-state index contributed by atoms with van der Waals surface area (Å²) in [6.07, 6.45) is 1.27. The molecule has 0 spiro atoms. The van der Waals surface area contributed by atoms with Gasteiger partial charge in [0.25, 0.3) is 0 Å². The Morgan fingerprint density at radius 2 is 1.89 bits per heavy atom. The maximum absolute atomic E-state index is 5.17. The molecular weight excluding hydrogens is 128 g/mol. The molecule has 0 saturated heterocycles. The van der Waals surface area contributed by atoms with Crippen molar-refractivity contribution in [3.05, 3.63) is 0 Å². The van der Waals surface area contributed by atoms with Gasteiger partial charge in [0.15, 0.2) is 0 Å². The fraction of sp³-hybridized carbons (Fsp3) is 1.00. The molecule has 0 aliphatic rings. The fourth-order valence-electron chi connectivity index (χ4n) is 0.830. The Bertz CT molecular complexity index is 65.9. The van der Waals surface area contributed by atoms with E-state index in [2.05, 4.69) is 20.8 Å². The van der Waals surface area contributed by atoms with E-state index < -0.39 is 0 Å². The Morgan fingerprint density at radius 3 is 2.22 bits per heavy atom. The van der Waals surface area contributed by atoms with E-state index in [-0.39, 0.29) is 0 Å². The Kier molecular flexibility index (Phi) is 5.10. The molecule has 0 aromatic rings. The number of rotatable bonds is 4. The van der Waals surface area contributed by atoms with Gasteiger partial charge in [0.05, 0.1) is 0 Å². The Balaban J connectivity index is 3.32. The minimum absolute atomic E-state index is 0.743. The van der Waals surface area contributed by atoms with Crippen LogP contribution in [0.3, 0.4) is 0 Å². The highest BCUT2D eigenvalue weighted by Gasteiger charge is 2.07. The molecule has 0 heterocycles. The van der Waals surface area contributed by atoms with Crippen LogP contribution >= 0.6 is 0 Å². The monoisotopic (exact) mass is 146 g/mol. The molecule has 0 aromatic heterocycles. The molecule has 0 saturated carbocycles. The minimum atomic E-state index is 0.743. The molecule has 0 aromatic carbocycles. The summed E-state index contributed by atoms with van der Waals surface area (Å²) in [4.78, 5) is 0. The first kappa shape index (κ1) is 9.18. The second-order valence-electron chi connectivity index (χ2n) is 2.82. The molecule has 0 aliphatic carbocycles. The predicted molar refractivity (Wildman–Crippen MR) is 44.5 cm³/mol. The molecular formula is C7H18OSi. The maximum Gasteiger partial charge on any atom is 0.145 e. The third kappa shape index (κ3) is 3.70. The number of hydrogen-bond acceptors (Lipinski definition) is 1. The van der Waals surface area contributed by atoms with Gasteiger partial charge >= 0.3 is 0 Å². The molecule has 0 radical (unpaired) electrons. The van der Waals surface area contributed by atoms with Crippen LogP contribution in [0.4, 0.5) is 0 Å². The minimum Gasteiger partial charge on any atom is -0.428 e. The normalized spacial score (nSPS) is 17.7. The first-order valence-corrected chi connectivity index (χ1v) is 4.53. The van der Waals surface area contributed by atoms with Crippen LogP contribution in [0, 0.1) is 11.8 Å². The lowest BCUT2D eigenvalue weighted by Crippen LogP contribution is -2.12. The van der Waals surface area contributed by atoms with Gasteiger partial charge in [-0.05, 0) is 11.8 Å². The molecule has 0 bridgehead atoms. The zero-order valence-corrected chi connectivity index (χ0v) is 8.98. The molecule has 2 heteroatoms. The molecule has 56 valence electrons. The van der Waals surface area contributed by atoms with Gasteiger partial charge in [-0.25, -0.2) is 0 Å². The first-order chi connectivity index (χ1) is 4.22. The SMILES string of the molecule is CCC(C)C(C)CO[SiH3]. The van der Waals surface area contributed by atoms with Gasteiger partial charge in [0.1, 0.15) is 10.5 Å². The maximum atomic E-state index is 5.17. The summed E-state index contributed by atoms with van der Waals surface area (Å²) in [5.74, 6) is 1.56. The second kappa shape index (κ2) is 5.00. The van der Waals surface area contributed by atoms with Crippen molar-refractivity contribution in [1.82, 2.24) is 0 Å². The van der Waals surface area contributed by atoms with Gasteiger partial charge in [-0.2, -0.15) is 0 Å². The molecule has 0 fully saturated rings. The van der Waals surface area contributed by atoms with E-state index in [9.17, 15) is 0 Å². The Hall–Kier alpha value is 0.177. The highest BCUT2D eigenvalue weighted by atomic mass is 28.2. The lowest BCUT2D eigenvalue weighted by molar-refractivity contribution is 0.227. The zero-order chi connectivity index (χ0) is 7.28. The van der Waals surface area contributed by atoms with Crippen LogP contribution in [0.1, 0.15) is 27.2 Å². The van der Waals surface area contributed by atoms with E-state index in [0.29, 0.717) is 0 Å². The summed E-state index contributed by atoms with van der Waals surface area (Å²) in [5.41, 5.74) is 0. The van der Waals surface area contributed by atoms with Gasteiger partial charge in [0, 0.05) is 6.61 Å². The van der Waals surface area contributed by atoms with E-state index in [1.165, 1.54) is 6.42 Å². The van der Waals surface area contributed by atoms with E-state index in [1.54, 1.807) is 0 Å². The molecule has 0 N–H and O–H groups in total. The highest BCUT2D eigenvalue weighted by molar-refractivity contribution is 5.97. The van der Waals surface area contributed by atoms with Crippen LogP contribution in [0.25, 0.3) is 0 Å². The van der Waals surface area contributed by atoms with Crippen molar-refractivity contribution in [2.45, 2.75) is 27.2 Å². The van der Waals surface area contributed by atoms with Crippen LogP contribution in [0.15, 0.2) is 0 Å². The van der Waals surface area contributed by atoms with E-state index in [0.717, 1.165) is 28.9 Å². The fourth-order valence-corrected chi connectivity index (χ4v) is 1.36. The van der Waals surface area contributed by atoms with Gasteiger partial charge in [0.2, 0.25) is 0 Å². The van der Waals surface area contributed by atoms with Gasteiger partial charge in [-0.1, -0.05) is 27.2 Å². The Labute approximate surface area is 61.3 Å². The summed E-state index contributed by atoms with van der Waals surface area (Å²) in [7, 11) is 0.885. The van der Waals surface area contributed by atoms with Crippen molar-refractivity contribution >= 4 is 10.5 Å². The van der Waals surface area contributed by atoms with Crippen molar-refractivity contribution < 1.29 is 4.43 Å². The lowest BCUT2D eigenvalue weighted by Gasteiger charge is -2.16. The van der Waals surface area contributed by atoms with Crippen molar-refractivity contribution in [1.29, 1.82) is 0 Å². The van der Waals surface area contributed by atoms with E-state index in [4.69, 9.17) is 4.43 Å². The summed E-state index contributed by atoms with van der Waals surface area (Å²) in [6, 6.07) is 0. The van der Waals surface area contributed by atoms with Crippen molar-refractivity contribution in [2.24, 2.45) is 11.8 Å². The molecule has 0 amide bonds. The third-order valence-electron chi connectivity index (χ3n) is 2.04. The van der Waals surface area contributed by atoms with E-state index in [1.807, 2.05) is 0 Å². The van der Waals surface area contributed by atoms with E-state index >= 15 is 0 Å².